The van der Waals surface area contributed by atoms with E-state index in [9.17, 15) is 14.4 Å². The van der Waals surface area contributed by atoms with Crippen LogP contribution in [0.25, 0.3) is 0 Å². The maximum absolute atomic E-state index is 12.7. The Kier molecular flexibility index (Phi) is 6.65. The van der Waals surface area contributed by atoms with Gasteiger partial charge in [-0.05, 0) is 35.4 Å². The van der Waals surface area contributed by atoms with E-state index in [2.05, 4.69) is 0 Å². The molecule has 1 atom stereocenters. The Bertz CT molecular complexity index is 980. The second-order valence-electron chi connectivity index (χ2n) is 6.62. The van der Waals surface area contributed by atoms with E-state index in [1.54, 1.807) is 24.3 Å². The van der Waals surface area contributed by atoms with Crippen molar-refractivity contribution in [1.29, 1.82) is 5.26 Å². The average molecular weight is 408 g/mol. The highest BCUT2D eigenvalue weighted by Gasteiger charge is 2.35. The molecule has 0 aromatic heterocycles. The number of ether oxygens (including phenoxy) is 3. The fraction of sp³-hybridized carbons (Fsp3) is 0.273. The Morgan fingerprint density at radius 3 is 2.43 bits per heavy atom. The molecule has 1 aliphatic heterocycles. The summed E-state index contributed by atoms with van der Waals surface area (Å²) in [5.41, 5.74) is 2.38. The van der Waals surface area contributed by atoms with Crippen LogP contribution in [-0.2, 0) is 36.8 Å². The fourth-order valence-electron chi connectivity index (χ4n) is 3.17. The number of nitriles is 1. The average Bonchev–Trinajstić information content (AvgIpc) is 2.80. The molecule has 0 saturated carbocycles. The normalized spacial score (nSPS) is 14.8. The Morgan fingerprint density at radius 1 is 1.07 bits per heavy atom. The first-order valence-corrected chi connectivity index (χ1v) is 9.24. The predicted molar refractivity (Wildman–Crippen MR) is 104 cm³/mol. The number of rotatable bonds is 6. The van der Waals surface area contributed by atoms with Crippen LogP contribution in [0.1, 0.15) is 16.7 Å². The smallest absolute Gasteiger partial charge is 0.344 e. The molecule has 1 heterocycles. The summed E-state index contributed by atoms with van der Waals surface area (Å²) in [5.74, 6) is -1.34. The largest absolute Gasteiger partial charge is 0.482 e. The third kappa shape index (κ3) is 4.94. The van der Waals surface area contributed by atoms with E-state index in [0.717, 1.165) is 11.1 Å². The van der Waals surface area contributed by atoms with E-state index in [0.29, 0.717) is 17.7 Å². The molecule has 8 nitrogen and oxygen atoms in total. The van der Waals surface area contributed by atoms with Crippen LogP contribution in [-0.4, -0.2) is 49.1 Å². The lowest BCUT2D eigenvalue weighted by Crippen LogP contribution is -2.50. The van der Waals surface area contributed by atoms with Crippen LogP contribution in [0.3, 0.4) is 0 Å². The van der Waals surface area contributed by atoms with Gasteiger partial charge in [-0.3, -0.25) is 4.79 Å². The van der Waals surface area contributed by atoms with Gasteiger partial charge in [0.15, 0.2) is 13.2 Å². The Hall–Kier alpha value is -3.86. The first-order valence-electron chi connectivity index (χ1n) is 9.24. The van der Waals surface area contributed by atoms with E-state index >= 15 is 0 Å². The SMILES string of the molecule is COC(=O)[C@H]1Cc2ccccc2CN1C(=O)COC(=O)COc1ccc(C#N)cc1. The fourth-order valence-corrected chi connectivity index (χ4v) is 3.17. The van der Waals surface area contributed by atoms with Crippen molar-refractivity contribution in [3.8, 4) is 11.8 Å². The summed E-state index contributed by atoms with van der Waals surface area (Å²) in [5, 5.41) is 8.77. The van der Waals surface area contributed by atoms with Crippen LogP contribution in [0.4, 0.5) is 0 Å². The highest BCUT2D eigenvalue weighted by molar-refractivity contribution is 5.87. The summed E-state index contributed by atoms with van der Waals surface area (Å²) in [7, 11) is 1.27. The molecular formula is C22H20N2O6. The molecule has 8 heteroatoms. The third-order valence-electron chi connectivity index (χ3n) is 4.74. The molecule has 1 amide bonds. The molecule has 0 unspecified atom stereocenters. The van der Waals surface area contributed by atoms with Gasteiger partial charge in [-0.2, -0.15) is 5.26 Å². The zero-order valence-electron chi connectivity index (χ0n) is 16.4. The van der Waals surface area contributed by atoms with Gasteiger partial charge in [-0.25, -0.2) is 9.59 Å². The van der Waals surface area contributed by atoms with Crippen LogP contribution in [0.15, 0.2) is 48.5 Å². The number of benzene rings is 2. The highest BCUT2D eigenvalue weighted by atomic mass is 16.6. The molecule has 1 aliphatic rings. The number of amides is 1. The number of carbonyl (C=O) groups is 3. The maximum Gasteiger partial charge on any atom is 0.344 e. The van der Waals surface area contributed by atoms with Gasteiger partial charge in [0.1, 0.15) is 11.8 Å². The standard InChI is InChI=1S/C22H20N2O6/c1-28-22(27)19-10-16-4-2-3-5-17(16)12-24(19)20(25)13-30-21(26)14-29-18-8-6-15(11-23)7-9-18/h2-9,19H,10,12-14H2,1H3/t19-/m1/s1. The zero-order valence-corrected chi connectivity index (χ0v) is 16.4. The van der Waals surface area contributed by atoms with Crippen molar-refractivity contribution in [2.45, 2.75) is 19.0 Å². The van der Waals surface area contributed by atoms with Gasteiger partial charge in [0.05, 0.1) is 18.7 Å². The van der Waals surface area contributed by atoms with Gasteiger partial charge in [-0.15, -0.1) is 0 Å². The molecule has 2 aromatic carbocycles. The van der Waals surface area contributed by atoms with Gasteiger partial charge in [0, 0.05) is 13.0 Å². The molecular weight excluding hydrogens is 388 g/mol. The van der Waals surface area contributed by atoms with Crippen LogP contribution in [0.2, 0.25) is 0 Å². The quantitative estimate of drug-likeness (QED) is 0.669. The first-order chi connectivity index (χ1) is 14.5. The second kappa shape index (κ2) is 9.56. The van der Waals surface area contributed by atoms with E-state index in [1.807, 2.05) is 30.3 Å². The predicted octanol–water partition coefficient (Wildman–Crippen LogP) is 1.61. The lowest BCUT2D eigenvalue weighted by Gasteiger charge is -2.35. The molecule has 2 aromatic rings. The zero-order chi connectivity index (χ0) is 21.5. The highest BCUT2D eigenvalue weighted by Crippen LogP contribution is 2.24. The maximum atomic E-state index is 12.7. The van der Waals surface area contributed by atoms with Crippen LogP contribution in [0, 0.1) is 11.3 Å². The first kappa shape index (κ1) is 20.9. The second-order valence-corrected chi connectivity index (χ2v) is 6.62. The van der Waals surface area contributed by atoms with Crippen molar-refractivity contribution in [2.24, 2.45) is 0 Å². The molecule has 154 valence electrons. The molecule has 0 saturated heterocycles. The van der Waals surface area contributed by atoms with Crippen LogP contribution in [0.5, 0.6) is 5.75 Å². The van der Waals surface area contributed by atoms with E-state index in [1.165, 1.54) is 12.0 Å². The summed E-state index contributed by atoms with van der Waals surface area (Å²) in [6, 6.07) is 15.0. The van der Waals surface area contributed by atoms with Crippen LogP contribution < -0.4 is 4.74 Å². The lowest BCUT2D eigenvalue weighted by molar-refractivity contribution is -0.160. The van der Waals surface area contributed by atoms with Gasteiger partial charge < -0.3 is 19.1 Å². The minimum atomic E-state index is -0.772. The van der Waals surface area contributed by atoms with Crippen molar-refractivity contribution in [2.75, 3.05) is 20.3 Å². The summed E-state index contributed by atoms with van der Waals surface area (Å²) in [4.78, 5) is 38.1. The van der Waals surface area contributed by atoms with Crippen molar-refractivity contribution in [3.05, 3.63) is 65.2 Å². The Labute approximate surface area is 173 Å². The van der Waals surface area contributed by atoms with Gasteiger partial charge >= 0.3 is 11.9 Å². The summed E-state index contributed by atoms with van der Waals surface area (Å²) in [6.07, 6.45) is 0.338. The van der Waals surface area contributed by atoms with Gasteiger partial charge in [0.25, 0.3) is 5.91 Å². The minimum absolute atomic E-state index is 0.230. The molecule has 0 fully saturated rings. The number of hydrogen-bond donors (Lipinski definition) is 0. The summed E-state index contributed by atoms with van der Waals surface area (Å²) < 4.78 is 15.1. The Balaban J connectivity index is 1.56. The number of fused-ring (bicyclic) bond motifs is 1. The van der Waals surface area contributed by atoms with Gasteiger partial charge in [0.2, 0.25) is 0 Å². The third-order valence-corrected chi connectivity index (χ3v) is 4.74. The molecule has 0 bridgehead atoms. The number of methoxy groups -OCH3 is 1. The topological polar surface area (TPSA) is 106 Å². The van der Waals surface area contributed by atoms with Gasteiger partial charge in [-0.1, -0.05) is 24.3 Å². The monoisotopic (exact) mass is 408 g/mol. The molecule has 0 radical (unpaired) electrons. The number of esters is 2. The molecule has 3 rings (SSSR count). The number of hydrogen-bond acceptors (Lipinski definition) is 7. The molecule has 0 aliphatic carbocycles. The Morgan fingerprint density at radius 2 is 1.77 bits per heavy atom. The van der Waals surface area contributed by atoms with E-state index in [4.69, 9.17) is 19.5 Å². The van der Waals surface area contributed by atoms with Crippen molar-refractivity contribution in [3.63, 3.8) is 0 Å². The van der Waals surface area contributed by atoms with Crippen LogP contribution >= 0.6 is 0 Å². The summed E-state index contributed by atoms with van der Waals surface area (Å²) in [6.45, 7) is -0.665. The minimum Gasteiger partial charge on any atom is -0.482 e. The summed E-state index contributed by atoms with van der Waals surface area (Å²) >= 11 is 0. The van der Waals surface area contributed by atoms with Crippen molar-refractivity contribution in [1.82, 2.24) is 4.90 Å². The van der Waals surface area contributed by atoms with E-state index < -0.39 is 30.5 Å². The van der Waals surface area contributed by atoms with Crippen molar-refractivity contribution < 1.29 is 28.6 Å². The molecule has 0 spiro atoms. The molecule has 30 heavy (non-hydrogen) atoms. The number of nitrogens with zero attached hydrogens (tertiary/aromatic N) is 2. The van der Waals surface area contributed by atoms with Crippen molar-refractivity contribution >= 4 is 17.8 Å². The van der Waals surface area contributed by atoms with E-state index in [-0.39, 0.29) is 13.2 Å². The lowest BCUT2D eigenvalue weighted by atomic mass is 9.94. The molecule has 0 N–H and O–H groups in total. The number of carbonyl (C=O) groups excluding carboxylic acids is 3.